The highest BCUT2D eigenvalue weighted by atomic mass is 127. The smallest absolute Gasteiger partial charge is 0.314 e. The number of methoxy groups -OCH3 is 1. The minimum atomic E-state index is -2.40. The summed E-state index contributed by atoms with van der Waals surface area (Å²) in [5, 5.41) is -0.133. The van der Waals surface area contributed by atoms with Crippen molar-refractivity contribution >= 4 is 56.7 Å². The van der Waals surface area contributed by atoms with Crippen LogP contribution in [0.3, 0.4) is 0 Å². The van der Waals surface area contributed by atoms with Gasteiger partial charge >= 0.3 is 11.9 Å². The predicted octanol–water partition coefficient (Wildman–Crippen LogP) is 11.0. The monoisotopic (exact) mass is 898 g/mol. The van der Waals surface area contributed by atoms with Crippen molar-refractivity contribution in [2.24, 2.45) is 11.8 Å². The average molecular weight is 899 g/mol. The predicted molar refractivity (Wildman–Crippen MR) is 234 cm³/mol. The summed E-state index contributed by atoms with van der Waals surface area (Å²) in [6.07, 6.45) is -1.52. The molecule has 0 aromatic heterocycles. The first-order valence-electron chi connectivity index (χ1n) is 19.5. The van der Waals surface area contributed by atoms with Crippen molar-refractivity contribution in [3.05, 3.63) is 39.5 Å². The van der Waals surface area contributed by atoms with Crippen LogP contribution in [-0.2, 0) is 39.6 Å². The second-order valence-corrected chi connectivity index (χ2v) is 28.4. The Morgan fingerprint density at radius 2 is 1.44 bits per heavy atom. The van der Waals surface area contributed by atoms with E-state index in [1.807, 2.05) is 49.1 Å². The summed E-state index contributed by atoms with van der Waals surface area (Å²) >= 11 is 2.20. The number of hydrogen-bond acceptors (Lipinski definition) is 8. The summed E-state index contributed by atoms with van der Waals surface area (Å²) in [5.74, 6) is 2.43. The molecule has 0 fully saturated rings. The summed E-state index contributed by atoms with van der Waals surface area (Å²) in [5.41, 5.74) is 7.02. The lowest BCUT2D eigenvalue weighted by atomic mass is 9.87. The summed E-state index contributed by atoms with van der Waals surface area (Å²) in [4.78, 5) is 39.2. The molecule has 306 valence electrons. The molecule has 0 amide bonds. The zero-order chi connectivity index (χ0) is 41.6. The number of hydrogen-bond donors (Lipinski definition) is 0. The van der Waals surface area contributed by atoms with Gasteiger partial charge in [-0.3, -0.25) is 14.4 Å². The molecule has 0 saturated heterocycles. The number of Topliss-reactive ketones (excluding diaryl/α,β-unsaturated/α-hetero) is 1. The van der Waals surface area contributed by atoms with E-state index in [1.54, 1.807) is 7.11 Å². The van der Waals surface area contributed by atoms with Gasteiger partial charge in [0.25, 0.3) is 0 Å². The molecule has 0 unspecified atom stereocenters. The van der Waals surface area contributed by atoms with Crippen LogP contribution >= 0.6 is 22.6 Å². The molecule has 8 nitrogen and oxygen atoms in total. The van der Waals surface area contributed by atoms with Crippen LogP contribution in [0, 0.1) is 23.3 Å². The molecular formula is C43H71IO8Si2. The van der Waals surface area contributed by atoms with Gasteiger partial charge in [-0.05, 0) is 63.5 Å². The first-order valence-corrected chi connectivity index (χ1v) is 25.9. The summed E-state index contributed by atoms with van der Waals surface area (Å²) in [6.45, 7) is 32.2. The van der Waals surface area contributed by atoms with Gasteiger partial charge in [-0.2, -0.15) is 0 Å². The topological polar surface area (TPSA) is 97.4 Å². The van der Waals surface area contributed by atoms with Gasteiger partial charge in [-0.1, -0.05) is 122 Å². The van der Waals surface area contributed by atoms with Crippen LogP contribution in [0.1, 0.15) is 115 Å². The van der Waals surface area contributed by atoms with E-state index in [2.05, 4.69) is 109 Å². The summed E-state index contributed by atoms with van der Waals surface area (Å²) < 4.78 is 32.3. The van der Waals surface area contributed by atoms with Gasteiger partial charge in [0.1, 0.15) is 26.0 Å². The second-order valence-electron chi connectivity index (χ2n) is 17.4. The molecule has 0 saturated carbocycles. The fourth-order valence-electron chi connectivity index (χ4n) is 6.95. The highest BCUT2D eigenvalue weighted by Gasteiger charge is 2.44. The third-order valence-corrected chi connectivity index (χ3v) is 23.0. The Bertz CT molecular complexity index is 1410. The highest BCUT2D eigenvalue weighted by molar-refractivity contribution is 14.1. The van der Waals surface area contributed by atoms with E-state index in [4.69, 9.17) is 23.4 Å². The Labute approximate surface area is 343 Å². The molecule has 54 heavy (non-hydrogen) atoms. The van der Waals surface area contributed by atoms with E-state index in [-0.39, 0.29) is 48.1 Å². The summed E-state index contributed by atoms with van der Waals surface area (Å²) in [7, 11) is -2.85. The number of benzene rings is 1. The van der Waals surface area contributed by atoms with Crippen molar-refractivity contribution in [2.45, 2.75) is 169 Å². The van der Waals surface area contributed by atoms with Gasteiger partial charge in [0.05, 0.1) is 32.5 Å². The van der Waals surface area contributed by atoms with Gasteiger partial charge in [-0.15, -0.1) is 5.54 Å². The summed E-state index contributed by atoms with van der Waals surface area (Å²) in [6, 6.07) is 7.66. The van der Waals surface area contributed by atoms with E-state index >= 15 is 0 Å². The normalized spacial score (nSPS) is 15.6. The molecule has 5 atom stereocenters. The quantitative estimate of drug-likeness (QED) is 0.0396. The second kappa shape index (κ2) is 22.7. The molecule has 0 N–H and O–H groups in total. The number of rotatable bonds is 21. The van der Waals surface area contributed by atoms with Gasteiger partial charge in [0.2, 0.25) is 0 Å². The molecular weight excluding hydrogens is 828 g/mol. The Hall–Kier alpha value is -1.99. The van der Waals surface area contributed by atoms with Gasteiger partial charge in [0.15, 0.2) is 14.4 Å². The van der Waals surface area contributed by atoms with Crippen molar-refractivity contribution in [3.8, 4) is 17.2 Å². The zero-order valence-electron chi connectivity index (χ0n) is 36.2. The van der Waals surface area contributed by atoms with Crippen molar-refractivity contribution in [2.75, 3.05) is 13.7 Å². The van der Waals surface area contributed by atoms with E-state index < -0.39 is 40.7 Å². The molecule has 0 aliphatic carbocycles. The van der Waals surface area contributed by atoms with Crippen LogP contribution < -0.4 is 4.74 Å². The number of halogens is 1. The van der Waals surface area contributed by atoms with Crippen LogP contribution in [0.4, 0.5) is 0 Å². The number of carbonyl (C=O) groups is 3. The molecule has 1 rings (SSSR count). The van der Waals surface area contributed by atoms with Crippen molar-refractivity contribution in [3.63, 3.8) is 0 Å². The van der Waals surface area contributed by atoms with Crippen LogP contribution in [0.25, 0.3) is 0 Å². The van der Waals surface area contributed by atoms with E-state index in [0.717, 1.165) is 16.9 Å². The van der Waals surface area contributed by atoms with Gasteiger partial charge in [-0.25, -0.2) is 0 Å². The van der Waals surface area contributed by atoms with Crippen LogP contribution in [0.2, 0.25) is 34.8 Å². The molecule has 1 aromatic carbocycles. The first-order chi connectivity index (χ1) is 24.9. The number of esters is 2. The minimum absolute atomic E-state index is 0.0125. The highest BCUT2D eigenvalue weighted by Crippen LogP contribution is 2.41. The molecule has 0 aliphatic rings. The SMILES string of the molecule is COc1ccc(CO[C@H]([C@H](C)[C@H](CC(=O)CC(=O)O[C@@H](C#C[Si](C(C)C)(C(C)C)C(C)C)C/C(C)=C/I)O[Si](C)(C)C(C)(C)C)[C@H](C)COC(C)=O)cc1. The third-order valence-electron chi connectivity index (χ3n) is 11.1. The van der Waals surface area contributed by atoms with Gasteiger partial charge in [0, 0.05) is 31.6 Å². The molecule has 1 aromatic rings. The van der Waals surface area contributed by atoms with E-state index in [1.165, 1.54) is 6.92 Å². The largest absolute Gasteiger partial charge is 0.497 e. The molecule has 0 aliphatic heterocycles. The molecule has 0 spiro atoms. The number of ketones is 1. The van der Waals surface area contributed by atoms with E-state index in [9.17, 15) is 14.4 Å². The van der Waals surface area contributed by atoms with Crippen LogP contribution in [-0.4, -0.2) is 66.1 Å². The fourth-order valence-corrected chi connectivity index (χ4v) is 13.9. The van der Waals surface area contributed by atoms with Crippen molar-refractivity contribution in [1.82, 2.24) is 0 Å². The van der Waals surface area contributed by atoms with Gasteiger partial charge < -0.3 is 23.4 Å². The zero-order valence-corrected chi connectivity index (χ0v) is 40.3. The maximum atomic E-state index is 13.9. The molecule has 0 bridgehead atoms. The maximum Gasteiger partial charge on any atom is 0.314 e. The first kappa shape index (κ1) is 50.0. The fraction of sp³-hybridized carbons (Fsp3) is 0.698. The Morgan fingerprint density at radius 1 is 0.889 bits per heavy atom. The maximum absolute atomic E-state index is 13.9. The number of carbonyl (C=O) groups excluding carboxylic acids is 3. The standard InChI is InChI=1S/C43H71IO8Si2/c1-29(2)54(30(3)4,31(5)6)22-21-39(23-32(7)26-44)51-41(47)25-37(46)24-40(52-53(15,16)43(11,12)13)34(9)42(33(8)27-49-35(10)45)50-28-36-17-19-38(48-14)20-18-36/h17-20,26,29-31,33-34,39-40,42H,23-25,27-28H2,1-16H3/b32-26+/t33-,34-,39+,40+,42+/m1/s1. The van der Waals surface area contributed by atoms with Crippen LogP contribution in [0.5, 0.6) is 5.75 Å². The van der Waals surface area contributed by atoms with Crippen molar-refractivity contribution in [1.29, 1.82) is 0 Å². The van der Waals surface area contributed by atoms with Crippen molar-refractivity contribution < 1.29 is 37.8 Å². The molecule has 0 heterocycles. The van der Waals surface area contributed by atoms with Crippen LogP contribution in [0.15, 0.2) is 33.9 Å². The lowest BCUT2D eigenvalue weighted by molar-refractivity contribution is -0.149. The average Bonchev–Trinajstić information content (AvgIpc) is 3.06. The lowest BCUT2D eigenvalue weighted by Crippen LogP contribution is -2.49. The number of ether oxygens (including phenoxy) is 4. The molecule has 11 heteroatoms. The Balaban J connectivity index is 3.46. The minimum Gasteiger partial charge on any atom is -0.497 e. The molecule has 0 radical (unpaired) electrons. The van der Waals surface area contributed by atoms with E-state index in [0.29, 0.717) is 29.7 Å². The third kappa shape index (κ3) is 15.5. The Kier molecular flexibility index (Phi) is 21.0. The lowest BCUT2D eigenvalue weighted by Gasteiger charge is -2.43. The Morgan fingerprint density at radius 3 is 1.91 bits per heavy atom.